The predicted octanol–water partition coefficient (Wildman–Crippen LogP) is 4.09. The Hall–Kier alpha value is -4.05. The Labute approximate surface area is 174 Å². The molecule has 0 spiro atoms. The van der Waals surface area contributed by atoms with Crippen molar-refractivity contribution in [1.29, 1.82) is 5.26 Å². The number of nitrogens with zero attached hydrogens (tertiary/aromatic N) is 3. The van der Waals surface area contributed by atoms with Gasteiger partial charge in [-0.1, -0.05) is 6.07 Å². The maximum atomic E-state index is 12.7. The minimum atomic E-state index is -0.759. The average Bonchev–Trinajstić information content (AvgIpc) is 2.75. The number of nitriles is 1. The molecule has 3 rings (SSSR count). The molecule has 150 valence electrons. The van der Waals surface area contributed by atoms with Crippen LogP contribution in [0, 0.1) is 18.3 Å². The van der Waals surface area contributed by atoms with Crippen LogP contribution < -0.4 is 10.6 Å². The van der Waals surface area contributed by atoms with Gasteiger partial charge in [0.05, 0.1) is 28.9 Å². The molecule has 3 aromatic rings. The molecule has 0 aliphatic rings. The molecule has 30 heavy (non-hydrogen) atoms. The summed E-state index contributed by atoms with van der Waals surface area (Å²) in [6.07, 6.45) is 6.20. The summed E-state index contributed by atoms with van der Waals surface area (Å²) < 4.78 is 0. The Morgan fingerprint density at radius 1 is 0.967 bits per heavy atom. The van der Waals surface area contributed by atoms with Crippen molar-refractivity contribution in [2.75, 3.05) is 10.6 Å². The van der Waals surface area contributed by atoms with E-state index in [4.69, 9.17) is 0 Å². The van der Waals surface area contributed by atoms with E-state index in [0.717, 1.165) is 5.56 Å². The Morgan fingerprint density at radius 2 is 1.73 bits per heavy atom. The maximum absolute atomic E-state index is 12.7. The number of hydrogen-bond donors (Lipinski definition) is 2. The van der Waals surface area contributed by atoms with Gasteiger partial charge in [0.2, 0.25) is 0 Å². The van der Waals surface area contributed by atoms with E-state index in [0.29, 0.717) is 28.1 Å². The Morgan fingerprint density at radius 3 is 2.43 bits per heavy atom. The normalized spacial score (nSPS) is 10.7. The summed E-state index contributed by atoms with van der Waals surface area (Å²) in [4.78, 5) is 33.4. The topological polar surface area (TPSA) is 108 Å². The second-order valence-corrected chi connectivity index (χ2v) is 7.38. The van der Waals surface area contributed by atoms with Crippen LogP contribution in [-0.2, 0) is 5.41 Å². The molecule has 0 bridgehead atoms. The van der Waals surface area contributed by atoms with E-state index in [1.54, 1.807) is 68.8 Å². The van der Waals surface area contributed by atoms with Crippen LogP contribution in [0.5, 0.6) is 0 Å². The van der Waals surface area contributed by atoms with Gasteiger partial charge in [-0.3, -0.25) is 19.6 Å². The first-order valence-electron chi connectivity index (χ1n) is 9.30. The van der Waals surface area contributed by atoms with Crippen LogP contribution in [0.2, 0.25) is 0 Å². The fourth-order valence-corrected chi connectivity index (χ4v) is 2.75. The molecule has 0 saturated heterocycles. The number of pyridine rings is 2. The van der Waals surface area contributed by atoms with Crippen molar-refractivity contribution in [3.8, 4) is 6.07 Å². The van der Waals surface area contributed by atoms with E-state index in [2.05, 4.69) is 26.7 Å². The third kappa shape index (κ3) is 4.67. The zero-order valence-corrected chi connectivity index (χ0v) is 16.9. The quantitative estimate of drug-likeness (QED) is 0.672. The molecule has 2 N–H and O–H groups in total. The number of amides is 2. The fraction of sp³-hybridized carbons (Fsp3) is 0.174. The summed E-state index contributed by atoms with van der Waals surface area (Å²) in [5, 5.41) is 14.9. The third-order valence-corrected chi connectivity index (χ3v) is 4.66. The van der Waals surface area contributed by atoms with Gasteiger partial charge in [-0.25, -0.2) is 0 Å². The van der Waals surface area contributed by atoms with Crippen LogP contribution in [0.4, 0.5) is 11.4 Å². The number of hydrogen-bond acceptors (Lipinski definition) is 5. The van der Waals surface area contributed by atoms with Crippen molar-refractivity contribution in [3.63, 3.8) is 0 Å². The first-order chi connectivity index (χ1) is 14.3. The standard InChI is InChI=1S/C23H21N5O2/c1-15-6-7-18(10-20(15)22(30)28-19-5-4-8-25-13-19)27-21(29)16-9-17(12-26-11-16)23(2,3)14-24/h4-13H,1-3H3,(H,27,29)(H,28,30). The van der Waals surface area contributed by atoms with Gasteiger partial charge < -0.3 is 10.6 Å². The molecule has 1 aromatic carbocycles. The molecule has 7 nitrogen and oxygen atoms in total. The van der Waals surface area contributed by atoms with Crippen LogP contribution in [0.3, 0.4) is 0 Å². The third-order valence-electron chi connectivity index (χ3n) is 4.66. The molecule has 2 heterocycles. The highest BCUT2D eigenvalue weighted by Crippen LogP contribution is 2.23. The monoisotopic (exact) mass is 399 g/mol. The molecule has 0 saturated carbocycles. The molecule has 0 aliphatic carbocycles. The van der Waals surface area contributed by atoms with Crippen molar-refractivity contribution in [2.45, 2.75) is 26.2 Å². The van der Waals surface area contributed by atoms with E-state index >= 15 is 0 Å². The van der Waals surface area contributed by atoms with Crippen molar-refractivity contribution in [3.05, 3.63) is 83.4 Å². The Bertz CT molecular complexity index is 1130. The Balaban J connectivity index is 1.80. The first kappa shape index (κ1) is 20.7. The van der Waals surface area contributed by atoms with Gasteiger partial charge in [-0.2, -0.15) is 5.26 Å². The lowest BCUT2D eigenvalue weighted by atomic mass is 9.87. The maximum Gasteiger partial charge on any atom is 0.257 e. The lowest BCUT2D eigenvalue weighted by molar-refractivity contribution is 0.101. The number of aromatic nitrogens is 2. The highest BCUT2D eigenvalue weighted by molar-refractivity contribution is 6.08. The van der Waals surface area contributed by atoms with E-state index in [9.17, 15) is 14.9 Å². The van der Waals surface area contributed by atoms with Crippen LogP contribution >= 0.6 is 0 Å². The van der Waals surface area contributed by atoms with Gasteiger partial charge in [-0.15, -0.1) is 0 Å². The molecule has 2 amide bonds. The summed E-state index contributed by atoms with van der Waals surface area (Å²) in [6, 6.07) is 12.4. The van der Waals surface area contributed by atoms with Crippen molar-refractivity contribution in [1.82, 2.24) is 9.97 Å². The van der Waals surface area contributed by atoms with Gasteiger partial charge in [-0.05, 0) is 62.2 Å². The molecular formula is C23H21N5O2. The summed E-state index contributed by atoms with van der Waals surface area (Å²) in [6.45, 7) is 5.35. The molecule has 0 atom stereocenters. The zero-order valence-electron chi connectivity index (χ0n) is 16.9. The lowest BCUT2D eigenvalue weighted by Crippen LogP contribution is -2.18. The van der Waals surface area contributed by atoms with Crippen LogP contribution in [0.25, 0.3) is 0 Å². The van der Waals surface area contributed by atoms with Crippen molar-refractivity contribution < 1.29 is 9.59 Å². The van der Waals surface area contributed by atoms with Crippen molar-refractivity contribution in [2.24, 2.45) is 0 Å². The van der Waals surface area contributed by atoms with Gasteiger partial charge in [0.1, 0.15) is 0 Å². The largest absolute Gasteiger partial charge is 0.322 e. The zero-order chi connectivity index (χ0) is 21.7. The van der Waals surface area contributed by atoms with Crippen molar-refractivity contribution >= 4 is 23.2 Å². The van der Waals surface area contributed by atoms with E-state index in [-0.39, 0.29) is 11.8 Å². The number of benzene rings is 1. The molecule has 7 heteroatoms. The second kappa shape index (κ2) is 8.53. The van der Waals surface area contributed by atoms with Gasteiger partial charge in [0.15, 0.2) is 0 Å². The van der Waals surface area contributed by atoms with Crippen LogP contribution in [0.1, 0.15) is 45.7 Å². The molecule has 0 aliphatic heterocycles. The second-order valence-electron chi connectivity index (χ2n) is 7.38. The van der Waals surface area contributed by atoms with Crippen LogP contribution in [0.15, 0.2) is 61.2 Å². The van der Waals surface area contributed by atoms with Crippen LogP contribution in [-0.4, -0.2) is 21.8 Å². The van der Waals surface area contributed by atoms with E-state index < -0.39 is 5.41 Å². The molecular weight excluding hydrogens is 378 g/mol. The van der Waals surface area contributed by atoms with Gasteiger partial charge in [0.25, 0.3) is 11.8 Å². The average molecular weight is 399 g/mol. The molecule has 0 fully saturated rings. The molecule has 0 unspecified atom stereocenters. The molecule has 0 radical (unpaired) electrons. The summed E-state index contributed by atoms with van der Waals surface area (Å²) in [7, 11) is 0. The number of carbonyl (C=O) groups is 2. The smallest absolute Gasteiger partial charge is 0.257 e. The van der Waals surface area contributed by atoms with Gasteiger partial charge >= 0.3 is 0 Å². The molecule has 2 aromatic heterocycles. The minimum absolute atomic E-state index is 0.295. The first-order valence-corrected chi connectivity index (χ1v) is 9.30. The van der Waals surface area contributed by atoms with Gasteiger partial charge in [0, 0.05) is 29.8 Å². The highest BCUT2D eigenvalue weighted by Gasteiger charge is 2.21. The number of anilines is 2. The predicted molar refractivity (Wildman–Crippen MR) is 114 cm³/mol. The number of aryl methyl sites for hydroxylation is 1. The van der Waals surface area contributed by atoms with E-state index in [1.165, 1.54) is 6.20 Å². The number of carbonyl (C=O) groups excluding carboxylic acids is 2. The Kier molecular flexibility index (Phi) is 5.88. The summed E-state index contributed by atoms with van der Waals surface area (Å²) in [5.41, 5.74) is 2.50. The highest BCUT2D eigenvalue weighted by atomic mass is 16.2. The minimum Gasteiger partial charge on any atom is -0.322 e. The SMILES string of the molecule is Cc1ccc(NC(=O)c2cncc(C(C)(C)C#N)c2)cc1C(=O)Nc1cccnc1. The fourth-order valence-electron chi connectivity index (χ4n) is 2.75. The summed E-state index contributed by atoms with van der Waals surface area (Å²) >= 11 is 0. The summed E-state index contributed by atoms with van der Waals surface area (Å²) in [5.74, 6) is -0.670. The number of rotatable bonds is 5. The van der Waals surface area contributed by atoms with E-state index in [1.807, 2.05) is 6.92 Å². The lowest BCUT2D eigenvalue weighted by Gasteiger charge is -2.16. The number of nitrogens with one attached hydrogen (secondary N) is 2.